The third-order valence-corrected chi connectivity index (χ3v) is 3.36. The SMILES string of the molecule is CC(C)(C)OC(=O)N[C@@H](CCCCN)C(=O)NCCc1ccccn1. The fourth-order valence-electron chi connectivity index (χ4n) is 2.19. The number of nitrogens with one attached hydrogen (secondary N) is 2. The Balaban J connectivity index is 2.51. The summed E-state index contributed by atoms with van der Waals surface area (Å²) in [5.74, 6) is -0.223. The number of nitrogens with zero attached hydrogens (tertiary/aromatic N) is 1. The normalized spacial score (nSPS) is 12.3. The number of ether oxygens (including phenoxy) is 1. The van der Waals surface area contributed by atoms with E-state index in [1.54, 1.807) is 27.0 Å². The zero-order chi connectivity index (χ0) is 18.7. The van der Waals surface area contributed by atoms with Crippen molar-refractivity contribution in [2.75, 3.05) is 13.1 Å². The van der Waals surface area contributed by atoms with Crippen LogP contribution in [0.25, 0.3) is 0 Å². The molecule has 1 rings (SSSR count). The number of aromatic nitrogens is 1. The monoisotopic (exact) mass is 350 g/mol. The van der Waals surface area contributed by atoms with Crippen LogP contribution in [0.4, 0.5) is 4.79 Å². The number of hydrogen-bond donors (Lipinski definition) is 3. The lowest BCUT2D eigenvalue weighted by Crippen LogP contribution is -2.48. The Bertz CT molecular complexity index is 529. The summed E-state index contributed by atoms with van der Waals surface area (Å²) in [6.45, 7) is 6.36. The Labute approximate surface area is 149 Å². The highest BCUT2D eigenvalue weighted by molar-refractivity contribution is 5.85. The van der Waals surface area contributed by atoms with Crippen molar-refractivity contribution in [2.45, 2.75) is 58.1 Å². The molecule has 0 aliphatic rings. The molecule has 7 nitrogen and oxygen atoms in total. The van der Waals surface area contributed by atoms with Gasteiger partial charge in [0.2, 0.25) is 5.91 Å². The number of amides is 2. The fourth-order valence-corrected chi connectivity index (χ4v) is 2.19. The van der Waals surface area contributed by atoms with Crippen LogP contribution in [0, 0.1) is 0 Å². The topological polar surface area (TPSA) is 106 Å². The number of alkyl carbamates (subject to hydrolysis) is 1. The van der Waals surface area contributed by atoms with E-state index in [0.29, 0.717) is 25.9 Å². The number of pyridine rings is 1. The molecule has 4 N–H and O–H groups in total. The predicted octanol–water partition coefficient (Wildman–Crippen LogP) is 1.76. The lowest BCUT2D eigenvalue weighted by atomic mass is 10.1. The number of carbonyl (C=O) groups is 2. The molecule has 1 aromatic heterocycles. The van der Waals surface area contributed by atoms with Crippen LogP contribution < -0.4 is 16.4 Å². The molecule has 2 amide bonds. The Morgan fingerprint density at radius 1 is 1.28 bits per heavy atom. The average Bonchev–Trinajstić information content (AvgIpc) is 2.53. The molecule has 0 saturated heterocycles. The van der Waals surface area contributed by atoms with Crippen molar-refractivity contribution in [1.82, 2.24) is 15.6 Å². The molecule has 140 valence electrons. The van der Waals surface area contributed by atoms with E-state index in [1.807, 2.05) is 18.2 Å². The predicted molar refractivity (Wildman–Crippen MR) is 97.0 cm³/mol. The first-order valence-electron chi connectivity index (χ1n) is 8.69. The summed E-state index contributed by atoms with van der Waals surface area (Å²) in [5, 5.41) is 5.50. The van der Waals surface area contributed by atoms with Gasteiger partial charge in [0.25, 0.3) is 0 Å². The number of unbranched alkanes of at least 4 members (excludes halogenated alkanes) is 1. The summed E-state index contributed by atoms with van der Waals surface area (Å²) in [6, 6.07) is 5.03. The van der Waals surface area contributed by atoms with Crippen LogP contribution >= 0.6 is 0 Å². The molecule has 25 heavy (non-hydrogen) atoms. The smallest absolute Gasteiger partial charge is 0.408 e. The van der Waals surface area contributed by atoms with Crippen molar-refractivity contribution in [2.24, 2.45) is 5.73 Å². The molecular weight excluding hydrogens is 320 g/mol. The maximum Gasteiger partial charge on any atom is 0.408 e. The molecule has 0 aromatic carbocycles. The molecule has 0 saturated carbocycles. The number of nitrogens with two attached hydrogens (primary N) is 1. The summed E-state index contributed by atoms with van der Waals surface area (Å²) in [6.07, 6.45) is 3.83. The average molecular weight is 350 g/mol. The van der Waals surface area contributed by atoms with Crippen molar-refractivity contribution >= 4 is 12.0 Å². The zero-order valence-electron chi connectivity index (χ0n) is 15.4. The molecule has 0 bridgehead atoms. The van der Waals surface area contributed by atoms with Gasteiger partial charge in [-0.15, -0.1) is 0 Å². The Kier molecular flexibility index (Phi) is 8.91. The molecule has 0 unspecified atom stereocenters. The van der Waals surface area contributed by atoms with Gasteiger partial charge >= 0.3 is 6.09 Å². The van der Waals surface area contributed by atoms with Crippen molar-refractivity contribution in [3.63, 3.8) is 0 Å². The first-order valence-corrected chi connectivity index (χ1v) is 8.69. The lowest BCUT2D eigenvalue weighted by molar-refractivity contribution is -0.123. The van der Waals surface area contributed by atoms with Gasteiger partial charge in [0.1, 0.15) is 11.6 Å². The van der Waals surface area contributed by atoms with E-state index < -0.39 is 17.7 Å². The van der Waals surface area contributed by atoms with E-state index in [9.17, 15) is 9.59 Å². The van der Waals surface area contributed by atoms with E-state index in [4.69, 9.17) is 10.5 Å². The maximum absolute atomic E-state index is 12.4. The van der Waals surface area contributed by atoms with E-state index in [1.165, 1.54) is 0 Å². The second-order valence-electron chi connectivity index (χ2n) is 6.85. The van der Waals surface area contributed by atoms with Gasteiger partial charge in [0.05, 0.1) is 0 Å². The van der Waals surface area contributed by atoms with Crippen LogP contribution in [0.1, 0.15) is 45.7 Å². The molecule has 0 aliphatic carbocycles. The second-order valence-corrected chi connectivity index (χ2v) is 6.85. The molecule has 1 heterocycles. The minimum absolute atomic E-state index is 0.223. The van der Waals surface area contributed by atoms with Gasteiger partial charge in [0, 0.05) is 24.9 Å². The highest BCUT2D eigenvalue weighted by atomic mass is 16.6. The quantitative estimate of drug-likeness (QED) is 0.588. The van der Waals surface area contributed by atoms with Gasteiger partial charge in [-0.1, -0.05) is 6.07 Å². The van der Waals surface area contributed by atoms with Crippen LogP contribution in [0.2, 0.25) is 0 Å². The maximum atomic E-state index is 12.4. The second kappa shape index (κ2) is 10.7. The Morgan fingerprint density at radius 3 is 2.64 bits per heavy atom. The van der Waals surface area contributed by atoms with Gasteiger partial charge in [0.15, 0.2) is 0 Å². The van der Waals surface area contributed by atoms with Gasteiger partial charge < -0.3 is 21.1 Å². The van der Waals surface area contributed by atoms with Crippen molar-refractivity contribution < 1.29 is 14.3 Å². The largest absolute Gasteiger partial charge is 0.444 e. The summed E-state index contributed by atoms with van der Waals surface area (Å²) in [7, 11) is 0. The Hall–Kier alpha value is -2.15. The van der Waals surface area contributed by atoms with Crippen molar-refractivity contribution in [3.05, 3.63) is 30.1 Å². The molecule has 0 spiro atoms. The van der Waals surface area contributed by atoms with E-state index in [-0.39, 0.29) is 5.91 Å². The minimum Gasteiger partial charge on any atom is -0.444 e. The summed E-state index contributed by atoms with van der Waals surface area (Å²) in [5.41, 5.74) is 5.80. The molecule has 0 radical (unpaired) electrons. The van der Waals surface area contributed by atoms with Crippen molar-refractivity contribution in [3.8, 4) is 0 Å². The van der Waals surface area contributed by atoms with Crippen LogP contribution in [0.5, 0.6) is 0 Å². The van der Waals surface area contributed by atoms with Gasteiger partial charge in [-0.25, -0.2) is 4.79 Å². The third kappa shape index (κ3) is 9.66. The molecule has 0 fully saturated rings. The first-order chi connectivity index (χ1) is 11.8. The highest BCUT2D eigenvalue weighted by Crippen LogP contribution is 2.08. The molecule has 7 heteroatoms. The molecule has 0 aliphatic heterocycles. The number of rotatable bonds is 9. The van der Waals surface area contributed by atoms with E-state index in [2.05, 4.69) is 15.6 Å². The van der Waals surface area contributed by atoms with Gasteiger partial charge in [-0.05, 0) is 58.7 Å². The summed E-state index contributed by atoms with van der Waals surface area (Å²) >= 11 is 0. The van der Waals surface area contributed by atoms with Gasteiger partial charge in [-0.3, -0.25) is 9.78 Å². The number of carbonyl (C=O) groups excluding carboxylic acids is 2. The zero-order valence-corrected chi connectivity index (χ0v) is 15.4. The lowest BCUT2D eigenvalue weighted by Gasteiger charge is -2.23. The highest BCUT2D eigenvalue weighted by Gasteiger charge is 2.23. The first kappa shape index (κ1) is 20.9. The van der Waals surface area contributed by atoms with E-state index >= 15 is 0 Å². The van der Waals surface area contributed by atoms with Crippen LogP contribution in [-0.2, 0) is 16.0 Å². The van der Waals surface area contributed by atoms with Crippen LogP contribution in [0.3, 0.4) is 0 Å². The standard InChI is InChI=1S/C18H30N4O3/c1-18(2,3)25-17(24)22-15(9-4-6-11-19)16(23)21-13-10-14-8-5-7-12-20-14/h5,7-8,12,15H,4,6,9-11,13,19H2,1-3H3,(H,21,23)(H,22,24)/t15-/m0/s1. The summed E-state index contributed by atoms with van der Waals surface area (Å²) < 4.78 is 5.23. The van der Waals surface area contributed by atoms with Gasteiger partial charge in [-0.2, -0.15) is 0 Å². The fraction of sp³-hybridized carbons (Fsp3) is 0.611. The van der Waals surface area contributed by atoms with E-state index in [0.717, 1.165) is 18.5 Å². The molecule has 1 aromatic rings. The Morgan fingerprint density at radius 2 is 2.04 bits per heavy atom. The van der Waals surface area contributed by atoms with Crippen LogP contribution in [0.15, 0.2) is 24.4 Å². The molecule has 1 atom stereocenters. The number of hydrogen-bond acceptors (Lipinski definition) is 5. The minimum atomic E-state index is -0.634. The summed E-state index contributed by atoms with van der Waals surface area (Å²) in [4.78, 5) is 28.6. The molecular formula is C18H30N4O3. The third-order valence-electron chi connectivity index (χ3n) is 3.36. The van der Waals surface area contributed by atoms with Crippen LogP contribution in [-0.4, -0.2) is 41.7 Å². The van der Waals surface area contributed by atoms with Crippen molar-refractivity contribution in [1.29, 1.82) is 0 Å².